The van der Waals surface area contributed by atoms with Crippen LogP contribution >= 0.6 is 0 Å². The number of carbonyl (C=O) groups excluding carboxylic acids is 1. The fourth-order valence-electron chi connectivity index (χ4n) is 3.53. The van der Waals surface area contributed by atoms with Gasteiger partial charge >= 0.3 is 0 Å². The van der Waals surface area contributed by atoms with Gasteiger partial charge in [0.05, 0.1) is 19.2 Å². The number of nitrogens with zero attached hydrogens (tertiary/aromatic N) is 3. The van der Waals surface area contributed by atoms with Gasteiger partial charge in [-0.05, 0) is 42.9 Å². The van der Waals surface area contributed by atoms with Crippen molar-refractivity contribution in [2.45, 2.75) is 25.7 Å². The molecule has 0 saturated carbocycles. The molecule has 138 valence electrons. The van der Waals surface area contributed by atoms with Crippen molar-refractivity contribution >= 4 is 11.7 Å². The maximum atomic E-state index is 12.7. The highest BCUT2D eigenvalue weighted by atomic mass is 16.5. The van der Waals surface area contributed by atoms with Gasteiger partial charge in [0.2, 0.25) is 5.91 Å². The number of rotatable bonds is 6. The number of benzene rings is 1. The van der Waals surface area contributed by atoms with Gasteiger partial charge in [0, 0.05) is 32.5 Å². The first-order valence-corrected chi connectivity index (χ1v) is 9.08. The summed E-state index contributed by atoms with van der Waals surface area (Å²) in [6.45, 7) is 1.61. The first kappa shape index (κ1) is 18.2. The highest BCUT2D eigenvalue weighted by Gasteiger charge is 2.25. The fraction of sp³-hybridized carbons (Fsp3) is 0.450. The second-order valence-electron chi connectivity index (χ2n) is 6.68. The average Bonchev–Trinajstić information content (AvgIpc) is 2.69. The molecule has 1 N–H and O–H groups in total. The van der Waals surface area contributed by atoms with Crippen LogP contribution in [0.5, 0.6) is 5.75 Å². The summed E-state index contributed by atoms with van der Waals surface area (Å²) >= 11 is 0. The molecule has 0 unspecified atom stereocenters. The Hall–Kier alpha value is -2.63. The number of methoxy groups -OCH3 is 1. The molecular formula is C20H26N4O2. The fourth-order valence-corrected chi connectivity index (χ4v) is 3.53. The molecule has 0 bridgehead atoms. The number of amides is 1. The molecule has 0 spiro atoms. The molecule has 1 aromatic heterocycles. The number of hydrogen-bond donors (Lipinski definition) is 1. The molecule has 1 aliphatic rings. The molecule has 0 radical (unpaired) electrons. The van der Waals surface area contributed by atoms with E-state index in [2.05, 4.69) is 15.3 Å². The summed E-state index contributed by atoms with van der Waals surface area (Å²) in [5.41, 5.74) is 1.96. The van der Waals surface area contributed by atoms with E-state index in [0.717, 1.165) is 55.2 Å². The molecule has 6 heteroatoms. The zero-order valence-corrected chi connectivity index (χ0v) is 15.4. The molecule has 1 aromatic carbocycles. The Labute approximate surface area is 154 Å². The van der Waals surface area contributed by atoms with Crippen molar-refractivity contribution in [1.29, 1.82) is 0 Å². The van der Waals surface area contributed by atoms with Crippen molar-refractivity contribution in [3.63, 3.8) is 0 Å². The number of piperidine rings is 1. The van der Waals surface area contributed by atoms with E-state index < -0.39 is 0 Å². The zero-order chi connectivity index (χ0) is 18.4. The minimum Gasteiger partial charge on any atom is -0.497 e. The number of hydrogen-bond acceptors (Lipinski definition) is 5. The van der Waals surface area contributed by atoms with E-state index >= 15 is 0 Å². The van der Waals surface area contributed by atoms with E-state index in [1.165, 1.54) is 0 Å². The minimum absolute atomic E-state index is 0.177. The first-order valence-electron chi connectivity index (χ1n) is 9.08. The molecule has 1 aliphatic heterocycles. The maximum absolute atomic E-state index is 12.7. The molecule has 0 aliphatic carbocycles. The second-order valence-corrected chi connectivity index (χ2v) is 6.68. The van der Waals surface area contributed by atoms with Gasteiger partial charge < -0.3 is 15.0 Å². The lowest BCUT2D eigenvalue weighted by Gasteiger charge is -2.33. The van der Waals surface area contributed by atoms with Crippen LogP contribution in [0.4, 0.5) is 5.82 Å². The predicted molar refractivity (Wildman–Crippen MR) is 101 cm³/mol. The lowest BCUT2D eigenvalue weighted by molar-refractivity contribution is -0.132. The number of carbonyl (C=O) groups is 1. The molecular weight excluding hydrogens is 328 g/mol. The van der Waals surface area contributed by atoms with Gasteiger partial charge in [0.15, 0.2) is 0 Å². The van der Waals surface area contributed by atoms with E-state index in [1.54, 1.807) is 19.5 Å². The SMILES string of the molecule is CNc1nccnc1C[C@H]1CCCN(C(=O)Cc2cccc(OC)c2)C1. The van der Waals surface area contributed by atoms with E-state index in [1.807, 2.05) is 36.2 Å². The molecule has 26 heavy (non-hydrogen) atoms. The second kappa shape index (κ2) is 8.65. The summed E-state index contributed by atoms with van der Waals surface area (Å²) in [6.07, 6.45) is 6.82. The molecule has 6 nitrogen and oxygen atoms in total. The van der Waals surface area contributed by atoms with E-state index in [9.17, 15) is 4.79 Å². The monoisotopic (exact) mass is 354 g/mol. The van der Waals surface area contributed by atoms with Crippen LogP contribution < -0.4 is 10.1 Å². The lowest BCUT2D eigenvalue weighted by atomic mass is 9.92. The van der Waals surface area contributed by atoms with E-state index in [0.29, 0.717) is 12.3 Å². The van der Waals surface area contributed by atoms with Crippen LogP contribution in [0.15, 0.2) is 36.7 Å². The van der Waals surface area contributed by atoms with Crippen LogP contribution in [0, 0.1) is 5.92 Å². The molecule has 1 saturated heterocycles. The highest BCUT2D eigenvalue weighted by Crippen LogP contribution is 2.23. The highest BCUT2D eigenvalue weighted by molar-refractivity contribution is 5.79. The van der Waals surface area contributed by atoms with Crippen LogP contribution in [-0.2, 0) is 17.6 Å². The number of aromatic nitrogens is 2. The number of nitrogens with one attached hydrogen (secondary N) is 1. The molecule has 2 aromatic rings. The zero-order valence-electron chi connectivity index (χ0n) is 15.4. The van der Waals surface area contributed by atoms with Gasteiger partial charge in [-0.3, -0.25) is 9.78 Å². The van der Waals surface area contributed by atoms with Crippen LogP contribution in [0.3, 0.4) is 0 Å². The Bertz CT molecular complexity index is 750. The molecule has 1 fully saturated rings. The van der Waals surface area contributed by atoms with Gasteiger partial charge in [-0.1, -0.05) is 12.1 Å². The minimum atomic E-state index is 0.177. The van der Waals surface area contributed by atoms with Gasteiger partial charge in [-0.15, -0.1) is 0 Å². The van der Waals surface area contributed by atoms with Crippen molar-refractivity contribution in [2.24, 2.45) is 5.92 Å². The van der Waals surface area contributed by atoms with Crippen molar-refractivity contribution in [3.8, 4) is 5.75 Å². The Balaban J connectivity index is 1.61. The smallest absolute Gasteiger partial charge is 0.227 e. The van der Waals surface area contributed by atoms with Crippen molar-refractivity contribution < 1.29 is 9.53 Å². The Morgan fingerprint density at radius 1 is 1.35 bits per heavy atom. The standard InChI is InChI=1S/C20H26N4O2/c1-21-20-18(22-8-9-23-20)12-16-6-4-10-24(14-16)19(25)13-15-5-3-7-17(11-15)26-2/h3,5,7-9,11,16H,4,6,10,12-14H2,1-2H3,(H,21,23)/t16-/m1/s1. The Kier molecular flexibility index (Phi) is 6.04. The Morgan fingerprint density at radius 3 is 3.00 bits per heavy atom. The van der Waals surface area contributed by atoms with Crippen molar-refractivity contribution in [2.75, 3.05) is 32.6 Å². The number of likely N-dealkylation sites (tertiary alicyclic amines) is 1. The van der Waals surface area contributed by atoms with Crippen molar-refractivity contribution in [1.82, 2.24) is 14.9 Å². The molecule has 3 rings (SSSR count). The summed E-state index contributed by atoms with van der Waals surface area (Å²) in [5, 5.41) is 3.10. The summed E-state index contributed by atoms with van der Waals surface area (Å²) in [7, 11) is 3.50. The van der Waals surface area contributed by atoms with E-state index in [-0.39, 0.29) is 5.91 Å². The molecule has 2 heterocycles. The third-order valence-corrected chi connectivity index (χ3v) is 4.85. The first-order chi connectivity index (χ1) is 12.7. The number of ether oxygens (including phenoxy) is 1. The lowest BCUT2D eigenvalue weighted by Crippen LogP contribution is -2.41. The molecule has 1 amide bonds. The number of anilines is 1. The van der Waals surface area contributed by atoms with Gasteiger partial charge in [0.1, 0.15) is 11.6 Å². The largest absolute Gasteiger partial charge is 0.497 e. The third-order valence-electron chi connectivity index (χ3n) is 4.85. The Morgan fingerprint density at radius 2 is 2.19 bits per heavy atom. The molecule has 1 atom stereocenters. The quantitative estimate of drug-likeness (QED) is 0.863. The van der Waals surface area contributed by atoms with Gasteiger partial charge in [-0.2, -0.15) is 0 Å². The summed E-state index contributed by atoms with van der Waals surface area (Å²) in [5.74, 6) is 2.21. The van der Waals surface area contributed by atoms with Crippen molar-refractivity contribution in [3.05, 3.63) is 47.9 Å². The summed E-state index contributed by atoms with van der Waals surface area (Å²) in [4.78, 5) is 23.5. The maximum Gasteiger partial charge on any atom is 0.227 e. The predicted octanol–water partition coefficient (Wildman–Crippen LogP) is 2.55. The summed E-state index contributed by atoms with van der Waals surface area (Å²) in [6, 6.07) is 7.72. The average molecular weight is 354 g/mol. The third kappa shape index (κ3) is 4.50. The van der Waals surface area contributed by atoms with Gasteiger partial charge in [-0.25, -0.2) is 4.98 Å². The van der Waals surface area contributed by atoms with Crippen LogP contribution in [0.2, 0.25) is 0 Å². The van der Waals surface area contributed by atoms with Crippen LogP contribution in [-0.4, -0.2) is 48.0 Å². The normalized spacial score (nSPS) is 17.0. The topological polar surface area (TPSA) is 67.4 Å². The summed E-state index contributed by atoms with van der Waals surface area (Å²) < 4.78 is 5.24. The van der Waals surface area contributed by atoms with E-state index in [4.69, 9.17) is 4.74 Å². The van der Waals surface area contributed by atoms with Gasteiger partial charge in [0.25, 0.3) is 0 Å². The van der Waals surface area contributed by atoms with Crippen LogP contribution in [0.1, 0.15) is 24.1 Å². The van der Waals surface area contributed by atoms with Crippen LogP contribution in [0.25, 0.3) is 0 Å².